The van der Waals surface area contributed by atoms with E-state index >= 15 is 0 Å². The van der Waals surface area contributed by atoms with Gasteiger partial charge in [-0.15, -0.1) is 0 Å². The fraction of sp³-hybridized carbons (Fsp3) is 0.0667. The van der Waals surface area contributed by atoms with Crippen molar-refractivity contribution in [2.75, 3.05) is 5.32 Å². The Kier molecular flexibility index (Phi) is 4.26. The van der Waals surface area contributed by atoms with E-state index in [1.807, 2.05) is 6.07 Å². The molecule has 0 bridgehead atoms. The van der Waals surface area contributed by atoms with E-state index in [4.69, 9.17) is 10.4 Å². The van der Waals surface area contributed by atoms with E-state index in [2.05, 4.69) is 10.3 Å². The van der Waals surface area contributed by atoms with Crippen LogP contribution >= 0.6 is 0 Å². The number of hydrogen-bond donors (Lipinski definition) is 2. The van der Waals surface area contributed by atoms with Gasteiger partial charge >= 0.3 is 5.97 Å². The molecule has 0 aliphatic carbocycles. The van der Waals surface area contributed by atoms with Gasteiger partial charge in [-0.25, -0.2) is 9.78 Å². The number of carboxylic acid groups (broad SMARTS) is 1. The number of carbonyl (C=O) groups excluding carboxylic acids is 1. The van der Waals surface area contributed by atoms with E-state index in [0.29, 0.717) is 12.1 Å². The molecular formula is C15H11N3O3. The summed E-state index contributed by atoms with van der Waals surface area (Å²) >= 11 is 0. The second kappa shape index (κ2) is 6.30. The van der Waals surface area contributed by atoms with E-state index in [1.165, 1.54) is 18.2 Å². The van der Waals surface area contributed by atoms with Gasteiger partial charge in [0.15, 0.2) is 0 Å². The van der Waals surface area contributed by atoms with Crippen molar-refractivity contribution in [3.8, 4) is 6.07 Å². The Bertz CT molecular complexity index is 718. The number of benzene rings is 1. The Morgan fingerprint density at radius 2 is 1.81 bits per heavy atom. The molecule has 0 spiro atoms. The van der Waals surface area contributed by atoms with Gasteiger partial charge in [0.1, 0.15) is 11.4 Å². The summed E-state index contributed by atoms with van der Waals surface area (Å²) in [7, 11) is 0. The quantitative estimate of drug-likeness (QED) is 0.893. The molecule has 2 aromatic rings. The van der Waals surface area contributed by atoms with Crippen molar-refractivity contribution in [3.63, 3.8) is 0 Å². The number of rotatable bonds is 4. The van der Waals surface area contributed by atoms with Crippen LogP contribution in [-0.2, 0) is 6.42 Å². The highest BCUT2D eigenvalue weighted by atomic mass is 16.4. The lowest BCUT2D eigenvalue weighted by Crippen LogP contribution is -2.15. The average Bonchev–Trinajstić information content (AvgIpc) is 2.49. The Hall–Kier alpha value is -3.20. The SMILES string of the molecule is N#CCc1ccc(NC(=O)c2cccc(C(=O)O)n2)cc1. The smallest absolute Gasteiger partial charge is 0.354 e. The van der Waals surface area contributed by atoms with Crippen LogP contribution in [0, 0.1) is 11.3 Å². The molecule has 2 rings (SSSR count). The highest BCUT2D eigenvalue weighted by Crippen LogP contribution is 2.11. The number of carbonyl (C=O) groups is 2. The number of nitriles is 1. The van der Waals surface area contributed by atoms with Crippen molar-refractivity contribution < 1.29 is 14.7 Å². The molecule has 2 N–H and O–H groups in total. The first kappa shape index (κ1) is 14.2. The largest absolute Gasteiger partial charge is 0.477 e. The first-order valence-electron chi connectivity index (χ1n) is 6.08. The van der Waals surface area contributed by atoms with Crippen molar-refractivity contribution in [3.05, 3.63) is 59.4 Å². The van der Waals surface area contributed by atoms with Crippen LogP contribution in [0.4, 0.5) is 5.69 Å². The maximum atomic E-state index is 12.0. The maximum absolute atomic E-state index is 12.0. The Balaban J connectivity index is 2.12. The number of hydrogen-bond acceptors (Lipinski definition) is 4. The molecule has 0 aliphatic rings. The van der Waals surface area contributed by atoms with Crippen molar-refractivity contribution in [2.24, 2.45) is 0 Å². The van der Waals surface area contributed by atoms with E-state index < -0.39 is 11.9 Å². The maximum Gasteiger partial charge on any atom is 0.354 e. The molecule has 0 saturated carbocycles. The topological polar surface area (TPSA) is 103 Å². The summed E-state index contributed by atoms with van der Waals surface area (Å²) in [5.41, 5.74) is 1.23. The van der Waals surface area contributed by atoms with Crippen molar-refractivity contribution >= 4 is 17.6 Å². The van der Waals surface area contributed by atoms with E-state index in [1.54, 1.807) is 24.3 Å². The number of pyridine rings is 1. The summed E-state index contributed by atoms with van der Waals surface area (Å²) in [6.07, 6.45) is 0.302. The summed E-state index contributed by atoms with van der Waals surface area (Å²) in [5, 5.41) is 20.0. The van der Waals surface area contributed by atoms with Gasteiger partial charge < -0.3 is 10.4 Å². The van der Waals surface area contributed by atoms with Crippen LogP contribution in [0.5, 0.6) is 0 Å². The predicted molar refractivity (Wildman–Crippen MR) is 74.9 cm³/mol. The third-order valence-corrected chi connectivity index (χ3v) is 2.70. The van der Waals surface area contributed by atoms with Crippen LogP contribution in [0.2, 0.25) is 0 Å². The normalized spacial score (nSPS) is 9.67. The zero-order chi connectivity index (χ0) is 15.2. The molecule has 1 aromatic carbocycles. The fourth-order valence-corrected chi connectivity index (χ4v) is 1.67. The van der Waals surface area contributed by atoms with Gasteiger partial charge in [0.25, 0.3) is 5.91 Å². The number of nitrogens with zero attached hydrogens (tertiary/aromatic N) is 2. The number of aromatic carboxylic acids is 1. The van der Waals surface area contributed by atoms with Crippen LogP contribution in [0.25, 0.3) is 0 Å². The second-order valence-corrected chi connectivity index (χ2v) is 4.20. The van der Waals surface area contributed by atoms with Crippen LogP contribution in [0.15, 0.2) is 42.5 Å². The summed E-state index contributed by atoms with van der Waals surface area (Å²) < 4.78 is 0. The molecule has 0 fully saturated rings. The average molecular weight is 281 g/mol. The van der Waals surface area contributed by atoms with Crippen LogP contribution in [0.1, 0.15) is 26.5 Å². The standard InChI is InChI=1S/C15H11N3O3/c16-9-8-10-4-6-11(7-5-10)17-14(19)12-2-1-3-13(18-12)15(20)21/h1-7H,8H2,(H,17,19)(H,20,21). The minimum Gasteiger partial charge on any atom is -0.477 e. The van der Waals surface area contributed by atoms with Gasteiger partial charge in [0.05, 0.1) is 12.5 Å². The summed E-state index contributed by atoms with van der Waals surface area (Å²) in [6, 6.07) is 13.1. The lowest BCUT2D eigenvalue weighted by molar-refractivity contribution is 0.0690. The Morgan fingerprint density at radius 3 is 2.43 bits per heavy atom. The number of carboxylic acids is 1. The van der Waals surface area contributed by atoms with Gasteiger partial charge in [0, 0.05) is 5.69 Å². The molecule has 1 amide bonds. The van der Waals surface area contributed by atoms with Gasteiger partial charge in [0.2, 0.25) is 0 Å². The molecule has 0 unspecified atom stereocenters. The molecule has 104 valence electrons. The highest BCUT2D eigenvalue weighted by Gasteiger charge is 2.11. The van der Waals surface area contributed by atoms with Gasteiger partial charge in [-0.3, -0.25) is 4.79 Å². The second-order valence-electron chi connectivity index (χ2n) is 4.20. The van der Waals surface area contributed by atoms with Gasteiger partial charge in [-0.1, -0.05) is 18.2 Å². The Labute approximate surface area is 120 Å². The first-order valence-corrected chi connectivity index (χ1v) is 6.08. The molecule has 0 aliphatic heterocycles. The first-order chi connectivity index (χ1) is 10.1. The predicted octanol–water partition coefficient (Wildman–Crippen LogP) is 2.10. The summed E-state index contributed by atoms with van der Waals surface area (Å²) in [5.74, 6) is -1.68. The van der Waals surface area contributed by atoms with E-state index in [9.17, 15) is 9.59 Å². The third-order valence-electron chi connectivity index (χ3n) is 2.70. The lowest BCUT2D eigenvalue weighted by Gasteiger charge is -2.05. The minimum atomic E-state index is -1.19. The number of nitrogens with one attached hydrogen (secondary N) is 1. The van der Waals surface area contributed by atoms with Crippen LogP contribution in [-0.4, -0.2) is 22.0 Å². The summed E-state index contributed by atoms with van der Waals surface area (Å²) in [4.78, 5) is 26.6. The van der Waals surface area contributed by atoms with Crippen molar-refractivity contribution in [2.45, 2.75) is 6.42 Å². The van der Waals surface area contributed by atoms with Gasteiger partial charge in [-0.05, 0) is 29.8 Å². The molecule has 21 heavy (non-hydrogen) atoms. The zero-order valence-corrected chi connectivity index (χ0v) is 10.9. The van der Waals surface area contributed by atoms with Crippen molar-refractivity contribution in [1.82, 2.24) is 4.98 Å². The molecule has 6 nitrogen and oxygen atoms in total. The molecular weight excluding hydrogens is 270 g/mol. The third kappa shape index (κ3) is 3.64. The molecule has 1 aromatic heterocycles. The van der Waals surface area contributed by atoms with Crippen LogP contribution < -0.4 is 5.32 Å². The van der Waals surface area contributed by atoms with Gasteiger partial charge in [-0.2, -0.15) is 5.26 Å². The molecule has 0 atom stereocenters. The highest BCUT2D eigenvalue weighted by molar-refractivity contribution is 6.03. The van der Waals surface area contributed by atoms with E-state index in [-0.39, 0.29) is 11.4 Å². The van der Waals surface area contributed by atoms with Crippen molar-refractivity contribution in [1.29, 1.82) is 5.26 Å². The molecule has 0 saturated heterocycles. The van der Waals surface area contributed by atoms with Crippen LogP contribution in [0.3, 0.4) is 0 Å². The summed E-state index contributed by atoms with van der Waals surface area (Å²) in [6.45, 7) is 0. The molecule has 0 radical (unpaired) electrons. The number of amides is 1. The molecule has 1 heterocycles. The Morgan fingerprint density at radius 1 is 1.14 bits per heavy atom. The lowest BCUT2D eigenvalue weighted by atomic mass is 10.1. The monoisotopic (exact) mass is 281 g/mol. The fourth-order valence-electron chi connectivity index (χ4n) is 1.67. The zero-order valence-electron chi connectivity index (χ0n) is 10.9. The molecule has 6 heteroatoms. The minimum absolute atomic E-state index is 0.0241. The van der Waals surface area contributed by atoms with E-state index in [0.717, 1.165) is 5.56 Å². The number of anilines is 1. The number of aromatic nitrogens is 1.